The first-order valence-electron chi connectivity index (χ1n) is 9.66. The van der Waals surface area contributed by atoms with E-state index in [1.807, 2.05) is 61.5 Å². The molecule has 7 nitrogen and oxygen atoms in total. The van der Waals surface area contributed by atoms with Crippen LogP contribution < -0.4 is 10.7 Å². The van der Waals surface area contributed by atoms with Crippen LogP contribution in [0.25, 0.3) is 22.6 Å². The summed E-state index contributed by atoms with van der Waals surface area (Å²) in [5.74, 6) is 0. The largest absolute Gasteiger partial charge is 0.354 e. The van der Waals surface area contributed by atoms with Gasteiger partial charge in [0.2, 0.25) is 5.43 Å². The van der Waals surface area contributed by atoms with Gasteiger partial charge < -0.3 is 10.7 Å². The highest BCUT2D eigenvalue weighted by atomic mass is 16.1. The van der Waals surface area contributed by atoms with Crippen molar-refractivity contribution in [3.8, 4) is 16.9 Å². The third-order valence-corrected chi connectivity index (χ3v) is 4.69. The van der Waals surface area contributed by atoms with Crippen LogP contribution in [0.3, 0.4) is 0 Å². The second-order valence-electron chi connectivity index (χ2n) is 6.81. The number of nitrogens with zero attached hydrogens (tertiary/aromatic N) is 4. The number of anilines is 1. The van der Waals surface area contributed by atoms with Gasteiger partial charge in [0.25, 0.3) is 0 Å². The Kier molecular flexibility index (Phi) is 5.75. The van der Waals surface area contributed by atoms with Gasteiger partial charge in [0.1, 0.15) is 6.33 Å². The number of benzene rings is 2. The van der Waals surface area contributed by atoms with Crippen molar-refractivity contribution in [2.75, 3.05) is 5.32 Å². The Hall–Kier alpha value is -4.39. The summed E-state index contributed by atoms with van der Waals surface area (Å²) in [6.07, 6.45) is 7.52. The van der Waals surface area contributed by atoms with Crippen molar-refractivity contribution in [1.82, 2.24) is 19.7 Å². The number of nitrogens with one attached hydrogen (secondary N) is 2. The zero-order chi connectivity index (χ0) is 21.6. The topological polar surface area (TPSA) is 96.5 Å². The Labute approximate surface area is 179 Å². The van der Waals surface area contributed by atoms with Gasteiger partial charge in [-0.3, -0.25) is 4.79 Å². The van der Waals surface area contributed by atoms with Crippen LogP contribution in [0, 0.1) is 12.3 Å². The molecule has 0 aliphatic heterocycles. The number of hydrogen-bond donors (Lipinski definition) is 2. The van der Waals surface area contributed by atoms with Crippen molar-refractivity contribution >= 4 is 17.6 Å². The Morgan fingerprint density at radius 1 is 1.10 bits per heavy atom. The summed E-state index contributed by atoms with van der Waals surface area (Å²) in [4.78, 5) is 20.8. The highest BCUT2D eigenvalue weighted by Crippen LogP contribution is 2.22. The molecule has 0 spiro atoms. The molecule has 0 aliphatic rings. The fourth-order valence-electron chi connectivity index (χ4n) is 3.20. The van der Waals surface area contributed by atoms with Crippen molar-refractivity contribution in [3.63, 3.8) is 0 Å². The van der Waals surface area contributed by atoms with Gasteiger partial charge in [0.15, 0.2) is 5.69 Å². The second kappa shape index (κ2) is 8.96. The van der Waals surface area contributed by atoms with E-state index in [9.17, 15) is 4.79 Å². The summed E-state index contributed by atoms with van der Waals surface area (Å²) in [5, 5.41) is 15.2. The summed E-state index contributed by atoms with van der Waals surface area (Å²) < 4.78 is 1.67. The maximum atomic E-state index is 12.6. The van der Waals surface area contributed by atoms with E-state index in [4.69, 9.17) is 5.41 Å². The van der Waals surface area contributed by atoms with Gasteiger partial charge in [0.05, 0.1) is 17.1 Å². The summed E-state index contributed by atoms with van der Waals surface area (Å²) in [7, 11) is 0. The van der Waals surface area contributed by atoms with Gasteiger partial charge in [-0.1, -0.05) is 24.3 Å². The zero-order valence-electron chi connectivity index (χ0n) is 16.9. The lowest BCUT2D eigenvalue weighted by atomic mass is 10.1. The Bertz CT molecular complexity index is 1300. The first kappa shape index (κ1) is 19.9. The molecule has 4 rings (SSSR count). The normalized spacial score (nSPS) is 11.2. The third kappa shape index (κ3) is 4.45. The second-order valence-corrected chi connectivity index (χ2v) is 6.81. The number of para-hydroxylation sites is 1. The maximum absolute atomic E-state index is 12.6. The SMILES string of the molecule is Cc1cc(-c2ccncn2)ccc1-n1ccc(=O)c(/C(=C/C=N)Nc2ccccc2)n1. The van der Waals surface area contributed by atoms with E-state index in [0.717, 1.165) is 34.4 Å². The average molecular weight is 408 g/mol. The number of allylic oxidation sites excluding steroid dienone is 1. The van der Waals surface area contributed by atoms with Crippen LogP contribution in [-0.2, 0) is 0 Å². The molecule has 2 N–H and O–H groups in total. The van der Waals surface area contributed by atoms with Crippen molar-refractivity contribution in [1.29, 1.82) is 5.41 Å². The summed E-state index contributed by atoms with van der Waals surface area (Å²) >= 11 is 0. The summed E-state index contributed by atoms with van der Waals surface area (Å²) in [5.41, 5.74) is 4.88. The number of aromatic nitrogens is 4. The van der Waals surface area contributed by atoms with E-state index >= 15 is 0 Å². The summed E-state index contributed by atoms with van der Waals surface area (Å²) in [6.45, 7) is 1.98. The molecule has 0 saturated heterocycles. The first-order chi connectivity index (χ1) is 15.2. The Balaban J connectivity index is 1.73. The molecule has 0 saturated carbocycles. The first-order valence-corrected chi connectivity index (χ1v) is 9.66. The highest BCUT2D eigenvalue weighted by molar-refractivity contribution is 5.86. The molecule has 2 heterocycles. The van der Waals surface area contributed by atoms with Crippen LogP contribution in [0.15, 0.2) is 90.3 Å². The fourth-order valence-corrected chi connectivity index (χ4v) is 3.20. The fraction of sp³-hybridized carbons (Fsp3) is 0.0417. The monoisotopic (exact) mass is 408 g/mol. The standard InChI is InChI=1S/C24H20N6O/c1-17-15-18(20-10-13-26-16-27-20)7-8-22(17)30-14-11-23(31)24(29-30)21(9-12-25)28-19-5-3-2-4-6-19/h2-16,25,28H,1H3/b21-9-,25-12?. The molecular formula is C24H20N6O. The van der Waals surface area contributed by atoms with Crippen LogP contribution in [0.5, 0.6) is 0 Å². The van der Waals surface area contributed by atoms with Gasteiger partial charge in [-0.2, -0.15) is 5.10 Å². The zero-order valence-corrected chi connectivity index (χ0v) is 16.9. The molecule has 7 heteroatoms. The van der Waals surface area contributed by atoms with Gasteiger partial charge in [0, 0.05) is 35.9 Å². The van der Waals surface area contributed by atoms with Crippen LogP contribution in [0.2, 0.25) is 0 Å². The predicted octanol–water partition coefficient (Wildman–Crippen LogP) is 4.10. The lowest BCUT2D eigenvalue weighted by Crippen LogP contribution is -2.18. The minimum atomic E-state index is -0.233. The van der Waals surface area contributed by atoms with Gasteiger partial charge in [-0.15, -0.1) is 0 Å². The molecular weight excluding hydrogens is 388 g/mol. The van der Waals surface area contributed by atoms with Gasteiger partial charge in [-0.25, -0.2) is 14.6 Å². The van der Waals surface area contributed by atoms with Crippen molar-refractivity contribution in [2.45, 2.75) is 6.92 Å². The minimum absolute atomic E-state index is 0.231. The van der Waals surface area contributed by atoms with Crippen molar-refractivity contribution in [2.24, 2.45) is 0 Å². The number of hydrogen-bond acceptors (Lipinski definition) is 6. The van der Waals surface area contributed by atoms with E-state index in [1.165, 1.54) is 18.5 Å². The molecule has 0 radical (unpaired) electrons. The molecule has 0 aliphatic carbocycles. The van der Waals surface area contributed by atoms with E-state index in [1.54, 1.807) is 17.1 Å². The lowest BCUT2D eigenvalue weighted by molar-refractivity contribution is 0.819. The molecule has 0 atom stereocenters. The van der Waals surface area contributed by atoms with E-state index in [-0.39, 0.29) is 11.1 Å². The highest BCUT2D eigenvalue weighted by Gasteiger charge is 2.12. The van der Waals surface area contributed by atoms with Crippen molar-refractivity contribution < 1.29 is 0 Å². The quantitative estimate of drug-likeness (QED) is 0.468. The molecule has 4 aromatic rings. The van der Waals surface area contributed by atoms with E-state index in [2.05, 4.69) is 20.4 Å². The molecule has 31 heavy (non-hydrogen) atoms. The van der Waals surface area contributed by atoms with Crippen LogP contribution in [-0.4, -0.2) is 26.0 Å². The lowest BCUT2D eigenvalue weighted by Gasteiger charge is -2.14. The molecule has 2 aromatic heterocycles. The molecule has 2 aromatic carbocycles. The molecule has 0 bridgehead atoms. The van der Waals surface area contributed by atoms with Crippen LogP contribution >= 0.6 is 0 Å². The maximum Gasteiger partial charge on any atom is 0.209 e. The summed E-state index contributed by atoms with van der Waals surface area (Å²) in [6, 6.07) is 18.7. The Morgan fingerprint density at radius 3 is 2.65 bits per heavy atom. The van der Waals surface area contributed by atoms with Crippen LogP contribution in [0.1, 0.15) is 11.3 Å². The molecule has 0 unspecified atom stereocenters. The van der Waals surface area contributed by atoms with Crippen LogP contribution in [0.4, 0.5) is 5.69 Å². The van der Waals surface area contributed by atoms with E-state index in [0.29, 0.717) is 5.70 Å². The molecule has 0 fully saturated rings. The number of aryl methyl sites for hydroxylation is 1. The van der Waals surface area contributed by atoms with E-state index < -0.39 is 0 Å². The Morgan fingerprint density at radius 2 is 1.94 bits per heavy atom. The predicted molar refractivity (Wildman–Crippen MR) is 122 cm³/mol. The number of rotatable bonds is 6. The third-order valence-electron chi connectivity index (χ3n) is 4.69. The molecule has 0 amide bonds. The average Bonchev–Trinajstić information content (AvgIpc) is 2.80. The minimum Gasteiger partial charge on any atom is -0.354 e. The van der Waals surface area contributed by atoms with Crippen molar-refractivity contribution in [3.05, 3.63) is 107 Å². The van der Waals surface area contributed by atoms with Gasteiger partial charge in [-0.05, 0) is 48.9 Å². The smallest absolute Gasteiger partial charge is 0.209 e. The molecule has 152 valence electrons. The van der Waals surface area contributed by atoms with Gasteiger partial charge >= 0.3 is 0 Å².